The van der Waals surface area contributed by atoms with Gasteiger partial charge in [-0.1, -0.05) is 41.5 Å². The summed E-state index contributed by atoms with van der Waals surface area (Å²) < 4.78 is 0. The molecule has 0 N–H and O–H groups in total. The van der Waals surface area contributed by atoms with Crippen LogP contribution >= 0.6 is 0 Å². The van der Waals surface area contributed by atoms with Gasteiger partial charge >= 0.3 is 0 Å². The minimum absolute atomic E-state index is 0.750. The topological polar surface area (TPSA) is 3.24 Å². The van der Waals surface area contributed by atoms with E-state index >= 15 is 0 Å². The fraction of sp³-hybridized carbons (Fsp3) is 1.00. The highest BCUT2D eigenvalue weighted by Crippen LogP contribution is 1.97. The predicted octanol–water partition coefficient (Wildman–Crippen LogP) is 3.79. The summed E-state index contributed by atoms with van der Waals surface area (Å²) in [6, 6.07) is 0.750. The van der Waals surface area contributed by atoms with Crippen LogP contribution in [0.1, 0.15) is 54.9 Å². The molecule has 0 heterocycles. The lowest BCUT2D eigenvalue weighted by molar-refractivity contribution is 0.265. The molecule has 0 radical (unpaired) electrons. The van der Waals surface area contributed by atoms with E-state index in [-0.39, 0.29) is 0 Å². The number of nitrogens with zero attached hydrogens (tertiary/aromatic N) is 1. The van der Waals surface area contributed by atoms with E-state index in [9.17, 15) is 0 Å². The molecule has 1 unspecified atom stereocenters. The van der Waals surface area contributed by atoms with E-state index in [4.69, 9.17) is 0 Å². The molecule has 1 heteroatoms. The Bertz CT molecular complexity index is 45.0. The summed E-state index contributed by atoms with van der Waals surface area (Å²) >= 11 is 0. The van der Waals surface area contributed by atoms with Crippen molar-refractivity contribution in [2.24, 2.45) is 0 Å². The first-order valence-electron chi connectivity index (χ1n) is 5.42. The summed E-state index contributed by atoms with van der Waals surface area (Å²) in [4.78, 5) is 2.35. The lowest BCUT2D eigenvalue weighted by Crippen LogP contribution is -2.27. The maximum atomic E-state index is 2.35. The molecule has 0 aromatic rings. The molecular formula is C11H29N. The Morgan fingerprint density at radius 1 is 1.00 bits per heavy atom. The Hall–Kier alpha value is -0.0400. The van der Waals surface area contributed by atoms with Gasteiger partial charge in [0, 0.05) is 6.04 Å². The molecule has 0 bridgehead atoms. The summed E-state index contributed by atoms with van der Waals surface area (Å²) in [6.45, 7) is 15.8. The summed E-state index contributed by atoms with van der Waals surface area (Å²) in [5, 5.41) is 0. The van der Waals surface area contributed by atoms with Gasteiger partial charge in [0.05, 0.1) is 0 Å². The van der Waals surface area contributed by atoms with Crippen LogP contribution in [-0.4, -0.2) is 24.5 Å². The van der Waals surface area contributed by atoms with Crippen molar-refractivity contribution >= 4 is 0 Å². The molecule has 0 amide bonds. The molecule has 0 spiro atoms. The second-order valence-corrected chi connectivity index (χ2v) is 2.33. The molecule has 0 aliphatic carbocycles. The Balaban J connectivity index is -0.000000175. The molecule has 1 atom stereocenters. The third-order valence-electron chi connectivity index (χ3n) is 1.84. The maximum absolute atomic E-state index is 2.35. The van der Waals surface area contributed by atoms with E-state index < -0.39 is 0 Å². The highest BCUT2D eigenvalue weighted by Gasteiger charge is 2.01. The van der Waals surface area contributed by atoms with Gasteiger partial charge in [0.1, 0.15) is 0 Å². The van der Waals surface area contributed by atoms with Crippen molar-refractivity contribution in [2.45, 2.75) is 60.9 Å². The summed E-state index contributed by atoms with van der Waals surface area (Å²) in [5.41, 5.74) is 0. The molecular weight excluding hydrogens is 146 g/mol. The minimum Gasteiger partial charge on any atom is -0.304 e. The van der Waals surface area contributed by atoms with Crippen LogP contribution in [-0.2, 0) is 0 Å². The molecule has 12 heavy (non-hydrogen) atoms. The zero-order chi connectivity index (χ0) is 10.6. The molecule has 0 aliphatic rings. The van der Waals surface area contributed by atoms with Crippen molar-refractivity contribution < 1.29 is 0 Å². The van der Waals surface area contributed by atoms with Crippen LogP contribution in [0.2, 0.25) is 0 Å². The number of hydrogen-bond acceptors (Lipinski definition) is 1. The average Bonchev–Trinajstić information content (AvgIpc) is 2.21. The Labute approximate surface area is 80.2 Å². The molecule has 0 rings (SSSR count). The third-order valence-corrected chi connectivity index (χ3v) is 1.84. The van der Waals surface area contributed by atoms with E-state index in [0.717, 1.165) is 12.6 Å². The van der Waals surface area contributed by atoms with Crippen molar-refractivity contribution in [2.75, 3.05) is 13.6 Å². The van der Waals surface area contributed by atoms with Crippen LogP contribution in [0.4, 0.5) is 0 Å². The maximum Gasteiger partial charge on any atom is 0.00611 e. The highest BCUT2D eigenvalue weighted by atomic mass is 15.1. The monoisotopic (exact) mass is 175 g/mol. The van der Waals surface area contributed by atoms with Crippen LogP contribution in [0.15, 0.2) is 0 Å². The molecule has 78 valence electrons. The van der Waals surface area contributed by atoms with Crippen LogP contribution in [0.3, 0.4) is 0 Å². The van der Waals surface area contributed by atoms with E-state index in [2.05, 4.69) is 32.7 Å². The lowest BCUT2D eigenvalue weighted by atomic mass is 10.2. The molecule has 0 fully saturated rings. The van der Waals surface area contributed by atoms with Crippen molar-refractivity contribution in [1.29, 1.82) is 0 Å². The van der Waals surface area contributed by atoms with E-state index in [1.54, 1.807) is 0 Å². The van der Waals surface area contributed by atoms with E-state index in [0.29, 0.717) is 0 Å². The highest BCUT2D eigenvalue weighted by molar-refractivity contribution is 4.56. The van der Waals surface area contributed by atoms with Crippen LogP contribution in [0.5, 0.6) is 0 Å². The number of rotatable bonds is 3. The van der Waals surface area contributed by atoms with Crippen molar-refractivity contribution in [3.63, 3.8) is 0 Å². The lowest BCUT2D eigenvalue weighted by Gasteiger charge is -2.20. The zero-order valence-corrected chi connectivity index (χ0v) is 10.4. The fourth-order valence-corrected chi connectivity index (χ4v) is 0.623. The summed E-state index contributed by atoms with van der Waals surface area (Å²) in [7, 11) is 2.16. The zero-order valence-electron chi connectivity index (χ0n) is 10.4. The smallest absolute Gasteiger partial charge is 0.00611 e. The first-order valence-corrected chi connectivity index (χ1v) is 5.42. The van der Waals surface area contributed by atoms with Gasteiger partial charge in [-0.25, -0.2) is 0 Å². The van der Waals surface area contributed by atoms with Gasteiger partial charge in [-0.05, 0) is 26.9 Å². The van der Waals surface area contributed by atoms with E-state index in [1.165, 1.54) is 6.42 Å². The summed E-state index contributed by atoms with van der Waals surface area (Å²) in [5.74, 6) is 0. The number of hydrogen-bond donors (Lipinski definition) is 0. The Morgan fingerprint density at radius 2 is 1.33 bits per heavy atom. The SMILES string of the molecule is CC.CC.CCC(C)N(C)CC. The van der Waals surface area contributed by atoms with Crippen molar-refractivity contribution in [3.05, 3.63) is 0 Å². The molecule has 0 aromatic carbocycles. The van der Waals surface area contributed by atoms with Gasteiger partial charge in [-0.3, -0.25) is 0 Å². The largest absolute Gasteiger partial charge is 0.304 e. The van der Waals surface area contributed by atoms with Crippen LogP contribution < -0.4 is 0 Å². The Kier molecular flexibility index (Phi) is 25.6. The fourth-order valence-electron chi connectivity index (χ4n) is 0.623. The van der Waals surface area contributed by atoms with Crippen LogP contribution in [0, 0.1) is 0 Å². The minimum atomic E-state index is 0.750. The second kappa shape index (κ2) is 17.2. The quantitative estimate of drug-likeness (QED) is 0.631. The molecule has 0 aromatic heterocycles. The van der Waals surface area contributed by atoms with Gasteiger partial charge in [-0.2, -0.15) is 0 Å². The third kappa shape index (κ3) is 12.6. The molecule has 1 nitrogen and oxygen atoms in total. The van der Waals surface area contributed by atoms with Gasteiger partial charge in [0.15, 0.2) is 0 Å². The van der Waals surface area contributed by atoms with Gasteiger partial charge < -0.3 is 4.90 Å². The van der Waals surface area contributed by atoms with Gasteiger partial charge in [0.25, 0.3) is 0 Å². The summed E-state index contributed by atoms with van der Waals surface area (Å²) in [6.07, 6.45) is 1.25. The molecule has 0 saturated heterocycles. The van der Waals surface area contributed by atoms with Crippen molar-refractivity contribution in [1.82, 2.24) is 4.90 Å². The average molecular weight is 175 g/mol. The Morgan fingerprint density at radius 3 is 1.42 bits per heavy atom. The van der Waals surface area contributed by atoms with Gasteiger partial charge in [-0.15, -0.1) is 0 Å². The standard InChI is InChI=1S/C7H17N.2C2H6/c1-5-7(3)8(4)6-2;2*1-2/h7H,5-6H2,1-4H3;2*1-2H3. The molecule has 0 saturated carbocycles. The second-order valence-electron chi connectivity index (χ2n) is 2.33. The van der Waals surface area contributed by atoms with Crippen LogP contribution in [0.25, 0.3) is 0 Å². The first-order chi connectivity index (χ1) is 5.72. The first kappa shape index (κ1) is 17.9. The van der Waals surface area contributed by atoms with E-state index in [1.807, 2.05) is 27.7 Å². The molecule has 0 aliphatic heterocycles. The van der Waals surface area contributed by atoms with Crippen molar-refractivity contribution in [3.8, 4) is 0 Å². The van der Waals surface area contributed by atoms with Gasteiger partial charge in [0.2, 0.25) is 0 Å². The predicted molar refractivity (Wildman–Crippen MR) is 60.8 cm³/mol. The normalized spacial score (nSPS) is 10.8.